The highest BCUT2D eigenvalue weighted by molar-refractivity contribution is 9.10. The Hall–Kier alpha value is -0.650. The summed E-state index contributed by atoms with van der Waals surface area (Å²) in [7, 11) is 0. The quantitative estimate of drug-likeness (QED) is 0.911. The normalized spacial score (nSPS) is 23.7. The van der Waals surface area contributed by atoms with E-state index >= 15 is 0 Å². The number of carbonyl (C=O) groups is 1. The number of hydrogen-bond acceptors (Lipinski definition) is 3. The maximum absolute atomic E-state index is 11.9. The van der Waals surface area contributed by atoms with Crippen molar-refractivity contribution in [2.45, 2.75) is 32.0 Å². The van der Waals surface area contributed by atoms with Crippen molar-refractivity contribution in [3.8, 4) is 0 Å². The van der Waals surface area contributed by atoms with Gasteiger partial charge in [-0.2, -0.15) is 0 Å². The number of carbonyl (C=O) groups excluding carboxylic acids is 1. The predicted molar refractivity (Wildman–Crippen MR) is 69.1 cm³/mol. The van der Waals surface area contributed by atoms with Crippen LogP contribution in [-0.2, 0) is 9.53 Å². The molecule has 1 saturated heterocycles. The van der Waals surface area contributed by atoms with Gasteiger partial charge < -0.3 is 10.1 Å². The van der Waals surface area contributed by atoms with Gasteiger partial charge in [-0.15, -0.1) is 0 Å². The number of nitrogens with one attached hydrogen (secondary N) is 1. The fourth-order valence-electron chi connectivity index (χ4n) is 1.72. The minimum absolute atomic E-state index is 0.141. The van der Waals surface area contributed by atoms with Crippen LogP contribution < -0.4 is 5.32 Å². The van der Waals surface area contributed by atoms with E-state index in [2.05, 4.69) is 26.2 Å². The average molecular weight is 320 g/mol. The van der Waals surface area contributed by atoms with Crippen molar-refractivity contribution in [3.05, 3.63) is 21.9 Å². The predicted octanol–water partition coefficient (Wildman–Crippen LogP) is 3.00. The van der Waals surface area contributed by atoms with E-state index in [1.54, 1.807) is 6.20 Å². The lowest BCUT2D eigenvalue weighted by molar-refractivity contribution is -0.126. The first-order valence-electron chi connectivity index (χ1n) is 5.33. The molecule has 1 fully saturated rings. The average Bonchev–Trinajstić information content (AvgIpc) is 2.72. The van der Waals surface area contributed by atoms with E-state index in [0.717, 1.165) is 12.8 Å². The van der Waals surface area contributed by atoms with Crippen LogP contribution in [0, 0.1) is 0 Å². The molecule has 1 N–H and O–H groups in total. The zero-order chi connectivity index (χ0) is 12.4. The van der Waals surface area contributed by atoms with Crippen molar-refractivity contribution in [2.75, 3.05) is 5.32 Å². The summed E-state index contributed by atoms with van der Waals surface area (Å²) in [6.45, 7) is 1.96. The third-order valence-electron chi connectivity index (χ3n) is 2.62. The molecule has 0 aromatic carbocycles. The third-order valence-corrected chi connectivity index (χ3v) is 3.86. The van der Waals surface area contributed by atoms with E-state index in [0.29, 0.717) is 15.2 Å². The summed E-state index contributed by atoms with van der Waals surface area (Å²) in [5.41, 5.74) is 0.495. The van der Waals surface area contributed by atoms with Crippen LogP contribution in [0.5, 0.6) is 0 Å². The molecule has 0 saturated carbocycles. The molecular weight excluding hydrogens is 307 g/mol. The molecule has 0 aliphatic carbocycles. The van der Waals surface area contributed by atoms with E-state index in [-0.39, 0.29) is 18.1 Å². The van der Waals surface area contributed by atoms with Gasteiger partial charge in [-0.1, -0.05) is 11.6 Å². The van der Waals surface area contributed by atoms with Crippen LogP contribution in [0.1, 0.15) is 19.8 Å². The molecule has 17 heavy (non-hydrogen) atoms. The molecule has 0 unspecified atom stereocenters. The van der Waals surface area contributed by atoms with Crippen LogP contribution in [-0.4, -0.2) is 23.1 Å². The molecule has 2 rings (SSSR count). The number of halogens is 2. The van der Waals surface area contributed by atoms with Gasteiger partial charge in [-0.3, -0.25) is 9.78 Å². The molecule has 2 heterocycles. The molecule has 1 aliphatic heterocycles. The lowest BCUT2D eigenvalue weighted by Gasteiger charge is -2.12. The van der Waals surface area contributed by atoms with Gasteiger partial charge in [-0.05, 0) is 35.7 Å². The summed E-state index contributed by atoms with van der Waals surface area (Å²) in [6.07, 6.45) is 4.49. The summed E-state index contributed by atoms with van der Waals surface area (Å²) in [6, 6.07) is 0. The third kappa shape index (κ3) is 2.97. The highest BCUT2D eigenvalue weighted by atomic mass is 79.9. The first kappa shape index (κ1) is 12.8. The molecule has 1 amide bonds. The van der Waals surface area contributed by atoms with Gasteiger partial charge in [0.1, 0.15) is 6.10 Å². The Morgan fingerprint density at radius 1 is 1.59 bits per heavy atom. The van der Waals surface area contributed by atoms with Gasteiger partial charge >= 0.3 is 0 Å². The SMILES string of the molecule is C[C@@H]1CC[C@H](C(=O)Nc2cncc(Br)c2Cl)O1. The topological polar surface area (TPSA) is 51.2 Å². The fourth-order valence-corrected chi connectivity index (χ4v) is 2.19. The summed E-state index contributed by atoms with van der Waals surface area (Å²) in [5.74, 6) is -0.170. The summed E-state index contributed by atoms with van der Waals surface area (Å²) < 4.78 is 6.13. The summed E-state index contributed by atoms with van der Waals surface area (Å²) in [5, 5.41) is 3.17. The van der Waals surface area contributed by atoms with Crippen LogP contribution in [0.2, 0.25) is 5.02 Å². The molecule has 1 aromatic heterocycles. The summed E-state index contributed by atoms with van der Waals surface area (Å²) in [4.78, 5) is 15.8. The maximum atomic E-state index is 11.9. The second kappa shape index (κ2) is 5.33. The van der Waals surface area contributed by atoms with Crippen LogP contribution in [0.4, 0.5) is 5.69 Å². The Bertz CT molecular complexity index is 441. The van der Waals surface area contributed by atoms with Crippen LogP contribution in [0.3, 0.4) is 0 Å². The number of ether oxygens (including phenoxy) is 1. The number of anilines is 1. The minimum atomic E-state index is -0.389. The highest BCUT2D eigenvalue weighted by Crippen LogP contribution is 2.29. The zero-order valence-electron chi connectivity index (χ0n) is 9.24. The van der Waals surface area contributed by atoms with Gasteiger partial charge in [0.05, 0.1) is 27.5 Å². The molecule has 0 radical (unpaired) electrons. The lowest BCUT2D eigenvalue weighted by atomic mass is 10.2. The van der Waals surface area contributed by atoms with Crippen LogP contribution in [0.15, 0.2) is 16.9 Å². The van der Waals surface area contributed by atoms with Crippen LogP contribution >= 0.6 is 27.5 Å². The van der Waals surface area contributed by atoms with Crippen molar-refractivity contribution >= 4 is 39.1 Å². The first-order chi connectivity index (χ1) is 8.08. The lowest BCUT2D eigenvalue weighted by Crippen LogP contribution is -2.27. The van der Waals surface area contributed by atoms with Crippen LogP contribution in [0.25, 0.3) is 0 Å². The molecule has 6 heteroatoms. The highest BCUT2D eigenvalue weighted by Gasteiger charge is 2.28. The second-order valence-electron chi connectivity index (χ2n) is 3.98. The molecule has 1 aromatic rings. The Balaban J connectivity index is 2.06. The van der Waals surface area contributed by atoms with E-state index in [9.17, 15) is 4.79 Å². The van der Waals surface area contributed by atoms with Gasteiger partial charge in [0.25, 0.3) is 5.91 Å². The number of hydrogen-bond donors (Lipinski definition) is 1. The Morgan fingerprint density at radius 2 is 2.35 bits per heavy atom. The molecule has 4 nitrogen and oxygen atoms in total. The van der Waals surface area contributed by atoms with E-state index in [1.807, 2.05) is 6.92 Å². The van der Waals surface area contributed by atoms with Gasteiger partial charge in [0.2, 0.25) is 0 Å². The molecule has 0 spiro atoms. The fraction of sp³-hybridized carbons (Fsp3) is 0.455. The maximum Gasteiger partial charge on any atom is 0.253 e. The standard InChI is InChI=1S/C11H12BrClN2O2/c1-6-2-3-9(17-6)11(16)15-8-5-14-4-7(12)10(8)13/h4-6,9H,2-3H2,1H3,(H,15,16)/t6-,9-/m1/s1. The summed E-state index contributed by atoms with van der Waals surface area (Å²) >= 11 is 9.28. The van der Waals surface area contributed by atoms with Gasteiger partial charge in [-0.25, -0.2) is 0 Å². The van der Waals surface area contributed by atoms with Crippen molar-refractivity contribution < 1.29 is 9.53 Å². The van der Waals surface area contributed by atoms with Gasteiger partial charge in [0, 0.05) is 6.20 Å². The number of pyridine rings is 1. The van der Waals surface area contributed by atoms with Crippen molar-refractivity contribution in [2.24, 2.45) is 0 Å². The largest absolute Gasteiger partial charge is 0.365 e. The smallest absolute Gasteiger partial charge is 0.253 e. The van der Waals surface area contributed by atoms with E-state index in [1.165, 1.54) is 6.20 Å². The zero-order valence-corrected chi connectivity index (χ0v) is 11.6. The second-order valence-corrected chi connectivity index (χ2v) is 5.22. The van der Waals surface area contributed by atoms with E-state index < -0.39 is 0 Å². The van der Waals surface area contributed by atoms with Gasteiger partial charge in [0.15, 0.2) is 0 Å². The molecular formula is C11H12BrClN2O2. The Morgan fingerprint density at radius 3 is 3.00 bits per heavy atom. The Kier molecular flexibility index (Phi) is 4.01. The number of rotatable bonds is 2. The molecule has 92 valence electrons. The van der Waals surface area contributed by atoms with Crippen molar-refractivity contribution in [1.82, 2.24) is 4.98 Å². The molecule has 0 bridgehead atoms. The van der Waals surface area contributed by atoms with Crippen molar-refractivity contribution in [3.63, 3.8) is 0 Å². The first-order valence-corrected chi connectivity index (χ1v) is 6.50. The Labute approximate surface area is 113 Å². The van der Waals surface area contributed by atoms with Crippen molar-refractivity contribution in [1.29, 1.82) is 0 Å². The number of nitrogens with zero attached hydrogens (tertiary/aromatic N) is 1. The molecule has 1 aliphatic rings. The van der Waals surface area contributed by atoms with E-state index in [4.69, 9.17) is 16.3 Å². The monoisotopic (exact) mass is 318 g/mol. The number of amides is 1. The molecule has 2 atom stereocenters. The minimum Gasteiger partial charge on any atom is -0.365 e. The number of aromatic nitrogens is 1.